The number of ether oxygens (including phenoxy) is 1. The summed E-state index contributed by atoms with van der Waals surface area (Å²) < 4.78 is 64.0. The summed E-state index contributed by atoms with van der Waals surface area (Å²) in [6.45, 7) is 4.42. The first-order valence-corrected chi connectivity index (χ1v) is 11.7. The van der Waals surface area contributed by atoms with Crippen molar-refractivity contribution in [3.05, 3.63) is 60.2 Å². The number of halogens is 2. The van der Waals surface area contributed by atoms with Crippen molar-refractivity contribution in [1.29, 1.82) is 0 Å². The first-order valence-electron chi connectivity index (χ1n) is 10.2. The minimum absolute atomic E-state index is 0.00405. The highest BCUT2D eigenvalue weighted by atomic mass is 32.2. The lowest BCUT2D eigenvalue weighted by Gasteiger charge is -2.26. The summed E-state index contributed by atoms with van der Waals surface area (Å²) in [6.07, 6.45) is 0.753. The third-order valence-electron chi connectivity index (χ3n) is 5.11. The van der Waals surface area contributed by atoms with E-state index in [1.807, 2.05) is 0 Å². The van der Waals surface area contributed by atoms with Gasteiger partial charge in [0.25, 0.3) is 0 Å². The molecule has 4 rings (SSSR count). The van der Waals surface area contributed by atoms with Crippen LogP contribution in [0.25, 0.3) is 11.5 Å². The predicted molar refractivity (Wildman–Crippen MR) is 114 cm³/mol. The van der Waals surface area contributed by atoms with Gasteiger partial charge in [0.1, 0.15) is 11.6 Å². The molecule has 3 aromatic rings. The largest absolute Gasteiger partial charge is 0.419 e. The second-order valence-corrected chi connectivity index (χ2v) is 9.22. The van der Waals surface area contributed by atoms with E-state index in [0.717, 1.165) is 38.2 Å². The van der Waals surface area contributed by atoms with E-state index in [1.165, 1.54) is 36.4 Å². The van der Waals surface area contributed by atoms with Crippen LogP contribution in [0.4, 0.5) is 14.7 Å². The van der Waals surface area contributed by atoms with Crippen molar-refractivity contribution in [3.63, 3.8) is 0 Å². The molecular formula is C22H23F2N3O4S. The summed E-state index contributed by atoms with van der Waals surface area (Å²) in [5, 5.41) is 2.73. The second kappa shape index (κ2) is 9.76. The Bertz CT molecular complexity index is 1140. The van der Waals surface area contributed by atoms with Crippen molar-refractivity contribution in [2.75, 3.05) is 44.7 Å². The van der Waals surface area contributed by atoms with Gasteiger partial charge in [-0.15, -0.1) is 0 Å². The molecule has 2 aromatic carbocycles. The van der Waals surface area contributed by atoms with Crippen molar-refractivity contribution >= 4 is 15.7 Å². The van der Waals surface area contributed by atoms with Crippen molar-refractivity contribution in [3.8, 4) is 11.5 Å². The van der Waals surface area contributed by atoms with Crippen LogP contribution in [0.1, 0.15) is 6.42 Å². The van der Waals surface area contributed by atoms with E-state index in [0.29, 0.717) is 25.3 Å². The van der Waals surface area contributed by atoms with Gasteiger partial charge in [-0.3, -0.25) is 4.90 Å². The highest BCUT2D eigenvalue weighted by molar-refractivity contribution is 7.91. The van der Waals surface area contributed by atoms with Crippen LogP contribution in [0.5, 0.6) is 0 Å². The lowest BCUT2D eigenvalue weighted by molar-refractivity contribution is 0.0378. The Morgan fingerprint density at radius 3 is 2.25 bits per heavy atom. The molecule has 0 bridgehead atoms. The molecule has 1 fully saturated rings. The molecule has 0 spiro atoms. The van der Waals surface area contributed by atoms with Crippen LogP contribution in [0.2, 0.25) is 0 Å². The van der Waals surface area contributed by atoms with Crippen LogP contribution in [0.15, 0.2) is 62.9 Å². The maximum Gasteiger partial charge on any atom is 0.233 e. The van der Waals surface area contributed by atoms with E-state index in [2.05, 4.69) is 15.2 Å². The van der Waals surface area contributed by atoms with E-state index in [-0.39, 0.29) is 21.7 Å². The number of hydrogen-bond donors (Lipinski definition) is 1. The van der Waals surface area contributed by atoms with Crippen LogP contribution in [0, 0.1) is 11.6 Å². The van der Waals surface area contributed by atoms with Gasteiger partial charge in [-0.2, -0.15) is 4.98 Å². The Labute approximate surface area is 184 Å². The average molecular weight is 464 g/mol. The molecule has 0 amide bonds. The number of hydrogen-bond acceptors (Lipinski definition) is 7. The smallest absolute Gasteiger partial charge is 0.233 e. The van der Waals surface area contributed by atoms with Crippen LogP contribution < -0.4 is 5.32 Å². The summed E-state index contributed by atoms with van der Waals surface area (Å²) in [5.41, 5.74) is 0.434. The van der Waals surface area contributed by atoms with Crippen LogP contribution in [-0.2, 0) is 14.6 Å². The van der Waals surface area contributed by atoms with E-state index in [4.69, 9.17) is 9.15 Å². The van der Waals surface area contributed by atoms with Crippen LogP contribution in [-0.4, -0.2) is 57.7 Å². The van der Waals surface area contributed by atoms with Gasteiger partial charge < -0.3 is 14.5 Å². The fourth-order valence-corrected chi connectivity index (χ4v) is 4.65. The van der Waals surface area contributed by atoms with Gasteiger partial charge in [0.15, 0.2) is 0 Å². The Hall–Kier alpha value is -2.82. The highest BCUT2D eigenvalue weighted by Gasteiger charge is 2.28. The molecule has 1 aliphatic heterocycles. The van der Waals surface area contributed by atoms with Crippen LogP contribution in [0.3, 0.4) is 0 Å². The van der Waals surface area contributed by atoms with Crippen molar-refractivity contribution < 1.29 is 26.4 Å². The molecule has 0 radical (unpaired) electrons. The molecule has 170 valence electrons. The Morgan fingerprint density at radius 1 is 0.969 bits per heavy atom. The molecule has 0 unspecified atom stereocenters. The van der Waals surface area contributed by atoms with Crippen molar-refractivity contribution in [2.45, 2.75) is 16.3 Å². The molecule has 32 heavy (non-hydrogen) atoms. The average Bonchev–Trinajstić information content (AvgIpc) is 3.23. The molecule has 2 heterocycles. The number of nitrogens with zero attached hydrogens (tertiary/aromatic N) is 2. The quantitative estimate of drug-likeness (QED) is 0.404. The SMILES string of the molecule is O=S(=O)(c1ccc(F)cc1)c1nc(-c2ccc(F)cc2)oc1NCCCN1CCOCC1. The first kappa shape index (κ1) is 22.4. The number of nitrogens with one attached hydrogen (secondary N) is 1. The first-order chi connectivity index (χ1) is 15.4. The van der Waals surface area contributed by atoms with Gasteiger partial charge in [0.05, 0.1) is 18.1 Å². The summed E-state index contributed by atoms with van der Waals surface area (Å²) in [4.78, 5) is 6.36. The van der Waals surface area contributed by atoms with Gasteiger partial charge in [-0.25, -0.2) is 17.2 Å². The number of oxazole rings is 1. The maximum atomic E-state index is 13.3. The van der Waals surface area contributed by atoms with Crippen molar-refractivity contribution in [1.82, 2.24) is 9.88 Å². The minimum Gasteiger partial charge on any atom is -0.419 e. The second-order valence-electron chi connectivity index (χ2n) is 7.35. The zero-order chi connectivity index (χ0) is 22.6. The fourth-order valence-electron chi connectivity index (χ4n) is 3.37. The molecule has 0 aliphatic carbocycles. The van der Waals surface area contributed by atoms with Gasteiger partial charge in [0.2, 0.25) is 26.6 Å². The zero-order valence-corrected chi connectivity index (χ0v) is 18.1. The molecular weight excluding hydrogens is 440 g/mol. The van der Waals surface area contributed by atoms with Gasteiger partial charge >= 0.3 is 0 Å². The Balaban J connectivity index is 1.58. The number of morpholine rings is 1. The predicted octanol–water partition coefficient (Wildman–Crippen LogP) is 3.59. The normalized spacial score (nSPS) is 15.1. The Morgan fingerprint density at radius 2 is 1.59 bits per heavy atom. The molecule has 1 aromatic heterocycles. The standard InChI is InChI=1S/C22H23F2N3O4S/c23-17-4-2-16(3-5-17)20-26-22(32(28,29)19-8-6-18(24)7-9-19)21(31-20)25-10-1-11-27-12-14-30-15-13-27/h2-9,25H,1,10-15H2. The van der Waals surface area contributed by atoms with Gasteiger partial charge in [-0.05, 0) is 61.5 Å². The molecule has 1 N–H and O–H groups in total. The maximum absolute atomic E-state index is 13.3. The number of rotatable bonds is 8. The summed E-state index contributed by atoms with van der Waals surface area (Å²) >= 11 is 0. The van der Waals surface area contributed by atoms with Gasteiger partial charge in [-0.1, -0.05) is 0 Å². The number of sulfone groups is 1. The zero-order valence-electron chi connectivity index (χ0n) is 17.3. The van der Waals surface area contributed by atoms with E-state index in [1.54, 1.807) is 0 Å². The van der Waals surface area contributed by atoms with E-state index >= 15 is 0 Å². The summed E-state index contributed by atoms with van der Waals surface area (Å²) in [5.74, 6) is -0.935. The molecule has 0 saturated carbocycles. The molecule has 10 heteroatoms. The Kier molecular flexibility index (Phi) is 6.83. The third-order valence-corrected chi connectivity index (χ3v) is 6.78. The molecule has 7 nitrogen and oxygen atoms in total. The van der Waals surface area contributed by atoms with Crippen LogP contribution >= 0.6 is 0 Å². The van der Waals surface area contributed by atoms with E-state index in [9.17, 15) is 17.2 Å². The van der Waals surface area contributed by atoms with Crippen molar-refractivity contribution in [2.24, 2.45) is 0 Å². The third kappa shape index (κ3) is 5.14. The monoisotopic (exact) mass is 463 g/mol. The minimum atomic E-state index is -4.07. The van der Waals surface area contributed by atoms with E-state index < -0.39 is 21.5 Å². The molecule has 1 aliphatic rings. The summed E-state index contributed by atoms with van der Waals surface area (Å²) in [7, 11) is -4.07. The number of benzene rings is 2. The van der Waals surface area contributed by atoms with Gasteiger partial charge in [0, 0.05) is 25.2 Å². The highest BCUT2D eigenvalue weighted by Crippen LogP contribution is 2.32. The fraction of sp³-hybridized carbons (Fsp3) is 0.318. The topological polar surface area (TPSA) is 84.7 Å². The molecule has 0 atom stereocenters. The lowest BCUT2D eigenvalue weighted by atomic mass is 10.2. The molecule has 1 saturated heterocycles. The number of aromatic nitrogens is 1. The lowest BCUT2D eigenvalue weighted by Crippen LogP contribution is -2.37. The summed E-state index contributed by atoms with van der Waals surface area (Å²) in [6, 6.07) is 9.90. The number of anilines is 1.